The molecular weight excluding hydrogens is 715 g/mol. The highest BCUT2D eigenvalue weighted by atomic mass is 35.5. The van der Waals surface area contributed by atoms with Crippen molar-refractivity contribution in [1.82, 2.24) is 20.3 Å². The van der Waals surface area contributed by atoms with Gasteiger partial charge in [-0.2, -0.15) is 0 Å². The molecule has 2 heterocycles. The molecule has 0 bridgehead atoms. The number of carbonyl (C=O) groups excluding carboxylic acids is 2. The Labute approximate surface area is 325 Å². The van der Waals surface area contributed by atoms with E-state index < -0.39 is 5.92 Å². The lowest BCUT2D eigenvalue weighted by Gasteiger charge is -2.13. The fourth-order valence-corrected chi connectivity index (χ4v) is 5.03. The minimum atomic E-state index is -2.88. The number of anilines is 1. The van der Waals surface area contributed by atoms with Gasteiger partial charge in [0.1, 0.15) is 5.82 Å². The Hall–Kier alpha value is -3.95. The molecule has 4 rings (SSSR count). The lowest BCUT2D eigenvalue weighted by molar-refractivity contribution is -0.122. The maximum absolute atomic E-state index is 12.9. The number of pyridine rings is 1. The van der Waals surface area contributed by atoms with Gasteiger partial charge in [0, 0.05) is 56.4 Å². The van der Waals surface area contributed by atoms with Crippen LogP contribution in [0.1, 0.15) is 121 Å². The Bertz CT molecular complexity index is 1680. The standard InChI is InChI=1S/C13H19NO.C12H16ClNO.C10H12ClF2N.C7H10N2/c1-10(2)8-13(15)14-9-12-6-4-11(3)5-7-12;1-8(2)6-12(15)14-11-5-4-9(3)7-10(11)13;1-6(2)9-8(11)4-7(5-14-9)10(3,12)13;1-6(2)7-8-4-3-5-9-7/h4-7,10H,8-9H2,1-3H3,(H,14,15);4-5,7-8H,6H2,1-3H3,(H,14,15);4-6H,1-3H3;3-6H,1-2H3. The second-order valence-corrected chi connectivity index (χ2v) is 15.2. The fourth-order valence-electron chi connectivity index (χ4n) is 4.37. The van der Waals surface area contributed by atoms with Crippen molar-refractivity contribution < 1.29 is 18.4 Å². The second kappa shape index (κ2) is 23.7. The first-order chi connectivity index (χ1) is 24.7. The summed E-state index contributed by atoms with van der Waals surface area (Å²) >= 11 is 11.8. The predicted octanol–water partition coefficient (Wildman–Crippen LogP) is 11.9. The SMILES string of the molecule is CC(C)c1ncc(C(C)(F)F)cc1Cl.CC(C)c1ncccn1.Cc1ccc(CNC(=O)CC(C)C)cc1.Cc1ccc(NC(=O)CC(C)C)c(Cl)c1. The summed E-state index contributed by atoms with van der Waals surface area (Å²) in [7, 11) is 0. The van der Waals surface area contributed by atoms with Gasteiger partial charge < -0.3 is 10.6 Å². The van der Waals surface area contributed by atoms with Crippen LogP contribution in [0.4, 0.5) is 14.5 Å². The number of hydrogen-bond donors (Lipinski definition) is 2. The van der Waals surface area contributed by atoms with Crippen LogP contribution in [0.3, 0.4) is 0 Å². The molecule has 2 amide bonds. The van der Waals surface area contributed by atoms with Crippen molar-refractivity contribution in [3.63, 3.8) is 0 Å². The zero-order chi connectivity index (χ0) is 40.3. The number of rotatable bonds is 10. The van der Waals surface area contributed by atoms with Crippen LogP contribution < -0.4 is 10.6 Å². The Kier molecular flexibility index (Phi) is 21.0. The van der Waals surface area contributed by atoms with Crippen LogP contribution in [0.25, 0.3) is 0 Å². The van der Waals surface area contributed by atoms with Gasteiger partial charge >= 0.3 is 0 Å². The van der Waals surface area contributed by atoms with E-state index in [9.17, 15) is 18.4 Å². The number of halogens is 4. The van der Waals surface area contributed by atoms with E-state index in [4.69, 9.17) is 23.2 Å². The molecule has 0 radical (unpaired) electrons. The van der Waals surface area contributed by atoms with Crippen molar-refractivity contribution in [3.8, 4) is 0 Å². The monoisotopic (exact) mass is 771 g/mol. The summed E-state index contributed by atoms with van der Waals surface area (Å²) in [5, 5.41) is 6.60. The summed E-state index contributed by atoms with van der Waals surface area (Å²) in [6.07, 6.45) is 5.84. The number of aromatic nitrogens is 3. The number of benzene rings is 2. The van der Waals surface area contributed by atoms with Crippen LogP contribution in [0.15, 0.2) is 73.2 Å². The molecule has 0 saturated heterocycles. The van der Waals surface area contributed by atoms with Crippen molar-refractivity contribution in [2.75, 3.05) is 5.32 Å². The number of carbonyl (C=O) groups is 2. The van der Waals surface area contributed by atoms with Crippen LogP contribution >= 0.6 is 23.2 Å². The third kappa shape index (κ3) is 20.2. The highest BCUT2D eigenvalue weighted by Gasteiger charge is 2.25. The van der Waals surface area contributed by atoms with E-state index >= 15 is 0 Å². The van der Waals surface area contributed by atoms with E-state index in [0.29, 0.717) is 58.6 Å². The molecule has 4 aromatic rings. The average molecular weight is 773 g/mol. The van der Waals surface area contributed by atoms with Gasteiger partial charge in [-0.25, -0.2) is 18.7 Å². The zero-order valence-corrected chi connectivity index (χ0v) is 34.5. The van der Waals surface area contributed by atoms with Gasteiger partial charge in [-0.1, -0.05) is 114 Å². The first-order valence-electron chi connectivity index (χ1n) is 17.9. The maximum Gasteiger partial charge on any atom is 0.272 e. The molecule has 0 unspecified atom stereocenters. The summed E-state index contributed by atoms with van der Waals surface area (Å²) < 4.78 is 25.7. The summed E-state index contributed by atoms with van der Waals surface area (Å²) in [6, 6.07) is 16.9. The summed E-state index contributed by atoms with van der Waals surface area (Å²) in [5.41, 5.74) is 4.67. The van der Waals surface area contributed by atoms with Crippen LogP contribution in [0.5, 0.6) is 0 Å². The molecule has 2 N–H and O–H groups in total. The van der Waals surface area contributed by atoms with Gasteiger partial charge in [-0.05, 0) is 67.0 Å². The van der Waals surface area contributed by atoms with Crippen molar-refractivity contribution in [3.05, 3.63) is 117 Å². The Morgan fingerprint density at radius 3 is 1.74 bits per heavy atom. The molecule has 2 aromatic heterocycles. The van der Waals surface area contributed by atoms with Crippen molar-refractivity contribution in [2.24, 2.45) is 11.8 Å². The van der Waals surface area contributed by atoms with E-state index in [1.165, 1.54) is 17.8 Å². The smallest absolute Gasteiger partial charge is 0.272 e. The molecule has 0 atom stereocenters. The van der Waals surface area contributed by atoms with E-state index in [1.807, 2.05) is 84.9 Å². The molecule has 0 saturated carbocycles. The average Bonchev–Trinajstić information content (AvgIpc) is 3.06. The molecule has 2 aromatic carbocycles. The number of hydrogen-bond acceptors (Lipinski definition) is 5. The highest BCUT2D eigenvalue weighted by molar-refractivity contribution is 6.33. The van der Waals surface area contributed by atoms with Crippen LogP contribution in [0, 0.1) is 25.7 Å². The van der Waals surface area contributed by atoms with E-state index in [-0.39, 0.29) is 23.3 Å². The summed E-state index contributed by atoms with van der Waals surface area (Å²) in [6.45, 7) is 21.6. The minimum absolute atomic E-state index is 0.00996. The highest BCUT2D eigenvalue weighted by Crippen LogP contribution is 2.31. The van der Waals surface area contributed by atoms with Crippen LogP contribution in [-0.4, -0.2) is 26.8 Å². The fraction of sp³-hybridized carbons (Fsp3) is 0.452. The Morgan fingerprint density at radius 2 is 1.28 bits per heavy atom. The first-order valence-corrected chi connectivity index (χ1v) is 18.6. The molecular formula is C42H57Cl2F2N5O2. The van der Waals surface area contributed by atoms with Gasteiger partial charge in [-0.3, -0.25) is 14.6 Å². The Morgan fingerprint density at radius 1 is 0.736 bits per heavy atom. The first kappa shape index (κ1) is 47.1. The molecule has 0 fully saturated rings. The van der Waals surface area contributed by atoms with E-state index in [2.05, 4.69) is 58.5 Å². The maximum atomic E-state index is 12.9. The van der Waals surface area contributed by atoms with Crippen molar-refractivity contribution in [1.29, 1.82) is 0 Å². The lowest BCUT2D eigenvalue weighted by atomic mass is 10.1. The number of amides is 2. The van der Waals surface area contributed by atoms with Gasteiger partial charge in [-0.15, -0.1) is 0 Å². The molecule has 0 aliphatic heterocycles. The van der Waals surface area contributed by atoms with Crippen molar-refractivity contribution in [2.45, 2.75) is 113 Å². The number of nitrogens with one attached hydrogen (secondary N) is 2. The largest absolute Gasteiger partial charge is 0.352 e. The predicted molar refractivity (Wildman–Crippen MR) is 216 cm³/mol. The lowest BCUT2D eigenvalue weighted by Crippen LogP contribution is -2.23. The quantitative estimate of drug-likeness (QED) is 0.167. The normalized spacial score (nSPS) is 10.8. The van der Waals surface area contributed by atoms with Crippen molar-refractivity contribution >= 4 is 40.7 Å². The molecule has 7 nitrogen and oxygen atoms in total. The topological polar surface area (TPSA) is 96.9 Å². The number of aryl methyl sites for hydroxylation is 2. The zero-order valence-electron chi connectivity index (χ0n) is 33.0. The van der Waals surface area contributed by atoms with Crippen LogP contribution in [-0.2, 0) is 22.1 Å². The van der Waals surface area contributed by atoms with E-state index in [1.54, 1.807) is 12.4 Å². The van der Waals surface area contributed by atoms with E-state index in [0.717, 1.165) is 23.9 Å². The number of nitrogens with zero attached hydrogens (tertiary/aromatic N) is 3. The minimum Gasteiger partial charge on any atom is -0.352 e. The second-order valence-electron chi connectivity index (χ2n) is 14.4. The molecule has 53 heavy (non-hydrogen) atoms. The molecule has 0 aliphatic rings. The molecule has 0 spiro atoms. The third-order valence-corrected chi connectivity index (χ3v) is 7.84. The van der Waals surface area contributed by atoms with Gasteiger partial charge in [0.05, 0.1) is 21.4 Å². The summed E-state index contributed by atoms with van der Waals surface area (Å²) in [4.78, 5) is 34.9. The summed E-state index contributed by atoms with van der Waals surface area (Å²) in [5.74, 6) is -0.476. The van der Waals surface area contributed by atoms with Gasteiger partial charge in [0.25, 0.3) is 5.92 Å². The van der Waals surface area contributed by atoms with Gasteiger partial charge in [0.15, 0.2) is 0 Å². The number of alkyl halides is 2. The molecule has 290 valence electrons. The third-order valence-electron chi connectivity index (χ3n) is 7.22. The van der Waals surface area contributed by atoms with Crippen LogP contribution in [0.2, 0.25) is 10.0 Å². The Balaban J connectivity index is 0.000000359. The van der Waals surface area contributed by atoms with Gasteiger partial charge in [0.2, 0.25) is 11.8 Å². The molecule has 0 aliphatic carbocycles. The molecule has 11 heteroatoms.